The van der Waals surface area contributed by atoms with E-state index in [9.17, 15) is 9.59 Å². The molecule has 0 bridgehead atoms. The Kier molecular flexibility index (Phi) is 12.5. The van der Waals surface area contributed by atoms with Gasteiger partial charge in [-0.3, -0.25) is 9.59 Å². The van der Waals surface area contributed by atoms with Gasteiger partial charge in [0.05, 0.1) is 12.4 Å². The summed E-state index contributed by atoms with van der Waals surface area (Å²) >= 11 is 2.92. The highest BCUT2D eigenvalue weighted by Gasteiger charge is 2.06. The molecule has 3 nitrogen and oxygen atoms in total. The lowest BCUT2D eigenvalue weighted by molar-refractivity contribution is -0.142. The molecule has 72 valence electrons. The van der Waals surface area contributed by atoms with Crippen LogP contribution < -0.4 is 0 Å². The van der Waals surface area contributed by atoms with Crippen molar-refractivity contribution in [2.75, 3.05) is 12.4 Å². The molecule has 0 atom stereocenters. The van der Waals surface area contributed by atoms with Crippen LogP contribution in [0.1, 0.15) is 26.7 Å². The Morgan fingerprint density at radius 3 is 2.00 bits per heavy atom. The second-order valence-corrected chi connectivity index (χ2v) is 2.69. The minimum atomic E-state index is -0.487. The lowest BCUT2D eigenvalue weighted by Crippen LogP contribution is -2.09. The van der Waals surface area contributed by atoms with Gasteiger partial charge < -0.3 is 4.74 Å². The number of alkyl halides is 1. The zero-order valence-electron chi connectivity index (χ0n) is 7.72. The first-order valence-electron chi connectivity index (χ1n) is 3.76. The van der Waals surface area contributed by atoms with Crippen molar-refractivity contribution >= 4 is 27.7 Å². The van der Waals surface area contributed by atoms with Crippen LogP contribution in [-0.2, 0) is 14.3 Å². The molecule has 0 aliphatic rings. The first-order chi connectivity index (χ1) is 5.62. The van der Waals surface area contributed by atoms with E-state index in [2.05, 4.69) is 34.5 Å². The van der Waals surface area contributed by atoms with E-state index in [1.165, 1.54) is 13.5 Å². The fourth-order valence-electron chi connectivity index (χ4n) is 0.280. The molecule has 0 saturated carbocycles. The third-order valence-corrected chi connectivity index (χ3v) is 1.34. The number of ether oxygens (including phenoxy) is 1. The van der Waals surface area contributed by atoms with Crippen LogP contribution in [0.4, 0.5) is 0 Å². The van der Waals surface area contributed by atoms with Gasteiger partial charge in [-0.15, -0.1) is 0 Å². The van der Waals surface area contributed by atoms with E-state index < -0.39 is 5.97 Å². The van der Waals surface area contributed by atoms with Crippen LogP contribution in [0.3, 0.4) is 0 Å². The second kappa shape index (κ2) is 10.6. The number of halogens is 1. The van der Waals surface area contributed by atoms with Crippen LogP contribution in [0.15, 0.2) is 0 Å². The largest absolute Gasteiger partial charge is 0.469 e. The molecule has 0 aromatic heterocycles. The van der Waals surface area contributed by atoms with E-state index in [0.717, 1.165) is 0 Å². The van der Waals surface area contributed by atoms with Gasteiger partial charge in [0.2, 0.25) is 0 Å². The molecule has 0 aliphatic heterocycles. The Hall–Kier alpha value is -0.380. The number of rotatable bonds is 3. The molecule has 0 aromatic rings. The Balaban J connectivity index is 0. The smallest absolute Gasteiger partial charge is 0.313 e. The van der Waals surface area contributed by atoms with Gasteiger partial charge in [0, 0.05) is 0 Å². The van der Waals surface area contributed by atoms with Crippen LogP contribution >= 0.6 is 15.9 Å². The standard InChI is InChI=1S/C5H7BrO3.C3H8/c1-9-5(8)2-4(7)3-6;1-3-2/h2-3H2,1H3;3H2,1-2H3. The highest BCUT2D eigenvalue weighted by Crippen LogP contribution is 1.90. The molecule has 0 spiro atoms. The van der Waals surface area contributed by atoms with Crippen molar-refractivity contribution in [1.82, 2.24) is 0 Å². The van der Waals surface area contributed by atoms with Crippen molar-refractivity contribution in [2.45, 2.75) is 26.7 Å². The first-order valence-corrected chi connectivity index (χ1v) is 4.88. The van der Waals surface area contributed by atoms with Gasteiger partial charge in [-0.2, -0.15) is 0 Å². The number of carbonyl (C=O) groups is 2. The monoisotopic (exact) mass is 238 g/mol. The summed E-state index contributed by atoms with van der Waals surface area (Å²) in [6.45, 7) is 4.25. The van der Waals surface area contributed by atoms with Crippen molar-refractivity contribution in [3.63, 3.8) is 0 Å². The summed E-state index contributed by atoms with van der Waals surface area (Å²) in [5, 5.41) is 0.210. The maximum Gasteiger partial charge on any atom is 0.313 e. The average Bonchev–Trinajstić information content (AvgIpc) is 2.05. The van der Waals surface area contributed by atoms with Gasteiger partial charge in [0.25, 0.3) is 0 Å². The molecule has 12 heavy (non-hydrogen) atoms. The minimum absolute atomic E-state index is 0.137. The zero-order chi connectivity index (χ0) is 9.98. The second-order valence-electron chi connectivity index (χ2n) is 2.13. The number of esters is 1. The van der Waals surface area contributed by atoms with Crippen molar-refractivity contribution in [3.8, 4) is 0 Å². The van der Waals surface area contributed by atoms with Crippen molar-refractivity contribution in [3.05, 3.63) is 0 Å². The van der Waals surface area contributed by atoms with E-state index in [0.29, 0.717) is 0 Å². The van der Waals surface area contributed by atoms with Gasteiger partial charge in [0.15, 0.2) is 5.78 Å². The molecule has 0 aliphatic carbocycles. The van der Waals surface area contributed by atoms with Crippen molar-refractivity contribution in [1.29, 1.82) is 0 Å². The Labute approximate surface area is 81.6 Å². The number of ketones is 1. The summed E-state index contributed by atoms with van der Waals surface area (Å²) in [5.74, 6) is -0.652. The van der Waals surface area contributed by atoms with Crippen LogP contribution in [0.2, 0.25) is 0 Å². The molecule has 4 heteroatoms. The average molecular weight is 239 g/mol. The Bertz CT molecular complexity index is 120. The molecular formula is C8H15BrO3. The number of methoxy groups -OCH3 is 1. The lowest BCUT2D eigenvalue weighted by Gasteiger charge is -1.93. The first kappa shape index (κ1) is 14.2. The molecule has 0 N–H and O–H groups in total. The van der Waals surface area contributed by atoms with Crippen LogP contribution in [-0.4, -0.2) is 24.2 Å². The maximum atomic E-state index is 10.4. The molecule has 0 aromatic carbocycles. The van der Waals surface area contributed by atoms with Gasteiger partial charge in [-0.05, 0) is 0 Å². The summed E-state index contributed by atoms with van der Waals surface area (Å²) in [6, 6.07) is 0. The van der Waals surface area contributed by atoms with Crippen molar-refractivity contribution < 1.29 is 14.3 Å². The normalized spacial score (nSPS) is 8.00. The summed E-state index contributed by atoms with van der Waals surface area (Å²) in [5.41, 5.74) is 0. The number of carbonyl (C=O) groups excluding carboxylic acids is 2. The molecule has 0 radical (unpaired) electrons. The van der Waals surface area contributed by atoms with E-state index in [1.807, 2.05) is 0 Å². The van der Waals surface area contributed by atoms with Crippen LogP contribution in [0.5, 0.6) is 0 Å². The summed E-state index contributed by atoms with van der Waals surface area (Å²) in [4.78, 5) is 20.8. The van der Waals surface area contributed by atoms with E-state index in [-0.39, 0.29) is 17.5 Å². The van der Waals surface area contributed by atoms with Crippen molar-refractivity contribution in [2.24, 2.45) is 0 Å². The molecular weight excluding hydrogens is 224 g/mol. The molecule has 0 saturated heterocycles. The maximum absolute atomic E-state index is 10.4. The molecule has 0 fully saturated rings. The number of Topliss-reactive ketones (excluding diaryl/α,β-unsaturated/α-hetero) is 1. The SMILES string of the molecule is CCC.COC(=O)CC(=O)CBr. The highest BCUT2D eigenvalue weighted by molar-refractivity contribution is 9.09. The predicted molar refractivity (Wildman–Crippen MR) is 51.4 cm³/mol. The topological polar surface area (TPSA) is 43.4 Å². The summed E-state index contributed by atoms with van der Waals surface area (Å²) in [7, 11) is 1.25. The molecule has 0 unspecified atom stereocenters. The van der Waals surface area contributed by atoms with E-state index >= 15 is 0 Å². The summed E-state index contributed by atoms with van der Waals surface area (Å²) < 4.78 is 4.24. The van der Waals surface area contributed by atoms with E-state index in [1.54, 1.807) is 0 Å². The lowest BCUT2D eigenvalue weighted by atomic mass is 10.3. The number of hydrogen-bond donors (Lipinski definition) is 0. The third kappa shape index (κ3) is 12.3. The van der Waals surface area contributed by atoms with E-state index in [4.69, 9.17) is 0 Å². The van der Waals surface area contributed by atoms with Gasteiger partial charge in [-0.25, -0.2) is 0 Å². The minimum Gasteiger partial charge on any atom is -0.469 e. The number of hydrogen-bond acceptors (Lipinski definition) is 3. The summed E-state index contributed by atoms with van der Waals surface area (Å²) in [6.07, 6.45) is 1.11. The van der Waals surface area contributed by atoms with Gasteiger partial charge in [-0.1, -0.05) is 36.2 Å². The molecule has 0 heterocycles. The van der Waals surface area contributed by atoms with Crippen LogP contribution in [0, 0.1) is 0 Å². The van der Waals surface area contributed by atoms with Crippen LogP contribution in [0.25, 0.3) is 0 Å². The van der Waals surface area contributed by atoms with Gasteiger partial charge in [0.1, 0.15) is 6.42 Å². The highest BCUT2D eigenvalue weighted by atomic mass is 79.9. The fraction of sp³-hybridized carbons (Fsp3) is 0.750. The quantitative estimate of drug-likeness (QED) is 0.429. The van der Waals surface area contributed by atoms with Gasteiger partial charge >= 0.3 is 5.97 Å². The predicted octanol–water partition coefficient (Wildman–Crippen LogP) is 1.93. The Morgan fingerprint density at radius 2 is 1.75 bits per heavy atom. The zero-order valence-corrected chi connectivity index (χ0v) is 9.31. The fourth-order valence-corrected chi connectivity index (χ4v) is 0.479. The molecule has 0 rings (SSSR count). The Morgan fingerprint density at radius 1 is 1.33 bits per heavy atom. The third-order valence-electron chi connectivity index (χ3n) is 0.718. The molecule has 0 amide bonds.